The predicted octanol–water partition coefficient (Wildman–Crippen LogP) is 3.93. The van der Waals surface area contributed by atoms with Gasteiger partial charge in [0.1, 0.15) is 0 Å². The van der Waals surface area contributed by atoms with Gasteiger partial charge in [0.2, 0.25) is 0 Å². The average molecular weight is 319 g/mol. The van der Waals surface area contributed by atoms with E-state index >= 15 is 0 Å². The highest BCUT2D eigenvalue weighted by Crippen LogP contribution is 2.10. The van der Waals surface area contributed by atoms with Gasteiger partial charge in [0, 0.05) is 0 Å². The number of hydrogen-bond donors (Lipinski definition) is 0. The molecule has 0 aromatic heterocycles. The van der Waals surface area contributed by atoms with Crippen LogP contribution in [0.1, 0.15) is 27.7 Å². The highest BCUT2D eigenvalue weighted by atomic mass is 14.0. The van der Waals surface area contributed by atoms with Gasteiger partial charge in [-0.1, -0.05) is 115 Å². The van der Waals surface area contributed by atoms with E-state index in [1.165, 1.54) is 0 Å². The molecule has 0 N–H and O–H groups in total. The summed E-state index contributed by atoms with van der Waals surface area (Å²) in [6.45, 7) is 24.1. The summed E-state index contributed by atoms with van der Waals surface area (Å²) in [7, 11) is 0. The summed E-state index contributed by atoms with van der Waals surface area (Å²) in [5, 5.41) is 4.09. The summed E-state index contributed by atoms with van der Waals surface area (Å²) in [5.41, 5.74) is 2.06. The second-order valence-electron chi connectivity index (χ2n) is 4.55. The first-order chi connectivity index (χ1) is 11.7. The first kappa shape index (κ1) is 21.4. The van der Waals surface area contributed by atoms with Crippen molar-refractivity contribution in [3.63, 3.8) is 0 Å². The van der Waals surface area contributed by atoms with Crippen molar-refractivity contribution in [3.05, 3.63) is 94.7 Å². The lowest BCUT2D eigenvalue weighted by Crippen LogP contribution is -2.29. The van der Waals surface area contributed by atoms with Gasteiger partial charge in [0.25, 0.3) is 0 Å². The minimum atomic E-state index is 0.975. The van der Waals surface area contributed by atoms with E-state index in [1.54, 1.807) is 0 Å². The predicted molar refractivity (Wildman–Crippen MR) is 112 cm³/mol. The van der Waals surface area contributed by atoms with Crippen molar-refractivity contribution in [3.8, 4) is 0 Å². The third-order valence-electron chi connectivity index (χ3n) is 3.31. The molecule has 2 aromatic rings. The lowest BCUT2D eigenvalue weighted by Gasteiger charge is -2.05. The maximum absolute atomic E-state index is 4.09. The van der Waals surface area contributed by atoms with Gasteiger partial charge in [-0.15, -0.1) is 0 Å². The van der Waals surface area contributed by atoms with Crippen molar-refractivity contribution in [1.29, 1.82) is 0 Å². The fourth-order valence-electron chi connectivity index (χ4n) is 2.30. The van der Waals surface area contributed by atoms with Gasteiger partial charge in [-0.3, -0.25) is 0 Å². The quantitative estimate of drug-likeness (QED) is 0.804. The highest BCUT2D eigenvalue weighted by Gasteiger charge is 2.01. The minimum absolute atomic E-state index is 0.975. The van der Waals surface area contributed by atoms with Gasteiger partial charge in [0.15, 0.2) is 0 Å². The van der Waals surface area contributed by atoms with Crippen LogP contribution in [0.5, 0.6) is 0 Å². The standard InChI is InChI=1S/C20H18.2C2H6/c1-5-17(19-13-9-7-11-15(19)3)18(6-2)20-14-10-8-12-16(20)4;2*1-2/h5-14H,1-4H2;2*1-2H3/b19-17+,20-18+;;. The van der Waals surface area contributed by atoms with E-state index in [-0.39, 0.29) is 0 Å². The van der Waals surface area contributed by atoms with Crippen LogP contribution in [0.3, 0.4) is 0 Å². The summed E-state index contributed by atoms with van der Waals surface area (Å²) in [6, 6.07) is 16.1. The number of allylic oxidation sites excluding steroid dienone is 2. The summed E-state index contributed by atoms with van der Waals surface area (Å²) in [4.78, 5) is 0. The molecule has 0 unspecified atom stereocenters. The molecule has 0 aliphatic heterocycles. The van der Waals surface area contributed by atoms with Crippen LogP contribution in [0.4, 0.5) is 0 Å². The Morgan fingerprint density at radius 2 is 0.917 bits per heavy atom. The fraction of sp³-hybridized carbons (Fsp3) is 0.167. The van der Waals surface area contributed by atoms with Gasteiger partial charge >= 0.3 is 0 Å². The maximum Gasteiger partial charge on any atom is -0.0105 e. The Morgan fingerprint density at radius 1 is 0.625 bits per heavy atom. The number of benzene rings is 2. The largest absolute Gasteiger partial charge is 0.0984 e. The van der Waals surface area contributed by atoms with Crippen molar-refractivity contribution in [2.24, 2.45) is 0 Å². The Hall–Kier alpha value is -2.60. The molecule has 0 heterocycles. The highest BCUT2D eigenvalue weighted by molar-refractivity contribution is 5.98. The fourth-order valence-corrected chi connectivity index (χ4v) is 2.30. The molecule has 0 spiro atoms. The van der Waals surface area contributed by atoms with Crippen LogP contribution >= 0.6 is 0 Å². The van der Waals surface area contributed by atoms with E-state index in [9.17, 15) is 0 Å². The van der Waals surface area contributed by atoms with Crippen LogP contribution in [0, 0.1) is 0 Å². The van der Waals surface area contributed by atoms with Crippen LogP contribution in [0.25, 0.3) is 24.3 Å². The summed E-state index contributed by atoms with van der Waals surface area (Å²) >= 11 is 0. The molecule has 0 saturated carbocycles. The molecule has 2 aromatic carbocycles. The maximum atomic E-state index is 4.09. The topological polar surface area (TPSA) is 0 Å². The Morgan fingerprint density at radius 3 is 1.17 bits per heavy atom. The van der Waals surface area contributed by atoms with E-state index in [4.69, 9.17) is 0 Å². The second kappa shape index (κ2) is 11.9. The van der Waals surface area contributed by atoms with Crippen molar-refractivity contribution >= 4 is 24.3 Å². The number of rotatable bonds is 3. The second-order valence-corrected chi connectivity index (χ2v) is 4.55. The van der Waals surface area contributed by atoms with Gasteiger partial charge in [0.05, 0.1) is 0 Å². The summed E-state index contributed by atoms with van der Waals surface area (Å²) in [5.74, 6) is 0. The first-order valence-electron chi connectivity index (χ1n) is 8.51. The third kappa shape index (κ3) is 5.24. The zero-order chi connectivity index (χ0) is 18.5. The van der Waals surface area contributed by atoms with Gasteiger partial charge < -0.3 is 0 Å². The molecule has 0 heteroatoms. The third-order valence-corrected chi connectivity index (χ3v) is 3.31. The monoisotopic (exact) mass is 318 g/mol. The van der Waals surface area contributed by atoms with Crippen LogP contribution < -0.4 is 20.9 Å². The van der Waals surface area contributed by atoms with Crippen molar-refractivity contribution in [2.75, 3.05) is 0 Å². The number of hydrogen-bond acceptors (Lipinski definition) is 0. The molecule has 126 valence electrons. The zero-order valence-corrected chi connectivity index (χ0v) is 15.6. The minimum Gasteiger partial charge on any atom is -0.0984 e. The summed E-state index contributed by atoms with van der Waals surface area (Å²) < 4.78 is 0. The molecule has 0 aliphatic carbocycles. The zero-order valence-electron chi connectivity index (χ0n) is 15.6. The van der Waals surface area contributed by atoms with E-state index in [0.717, 1.165) is 32.0 Å². The van der Waals surface area contributed by atoms with E-state index < -0.39 is 0 Å². The molecule has 0 bridgehead atoms. The molecule has 0 saturated heterocycles. The van der Waals surface area contributed by atoms with E-state index in [1.807, 2.05) is 76.2 Å². The van der Waals surface area contributed by atoms with Crippen LogP contribution in [0.2, 0.25) is 0 Å². The molecule has 24 heavy (non-hydrogen) atoms. The molecule has 0 nitrogen and oxygen atoms in total. The lowest BCUT2D eigenvalue weighted by atomic mass is 9.99. The SMILES string of the molecule is C=CC(/C(C=C)=c1\ccccc1=C)=c1/ccccc1=C.CC.CC. The van der Waals surface area contributed by atoms with E-state index in [0.29, 0.717) is 0 Å². The molecule has 0 amide bonds. The van der Waals surface area contributed by atoms with Gasteiger partial charge in [-0.25, -0.2) is 0 Å². The van der Waals surface area contributed by atoms with Crippen LogP contribution in [-0.2, 0) is 0 Å². The average Bonchev–Trinajstić information content (AvgIpc) is 2.65. The molecule has 0 atom stereocenters. The Balaban J connectivity index is 0.00000123. The smallest absolute Gasteiger partial charge is 0.0105 e. The molecule has 0 radical (unpaired) electrons. The molecular weight excluding hydrogens is 288 g/mol. The van der Waals surface area contributed by atoms with Crippen LogP contribution in [-0.4, -0.2) is 0 Å². The van der Waals surface area contributed by atoms with Gasteiger partial charge in [-0.2, -0.15) is 0 Å². The first-order valence-corrected chi connectivity index (χ1v) is 8.51. The Bertz CT molecular complexity index is 791. The molecule has 0 fully saturated rings. The normalized spacial score (nSPS) is 11.7. The van der Waals surface area contributed by atoms with E-state index in [2.05, 4.69) is 38.4 Å². The van der Waals surface area contributed by atoms with Gasteiger partial charge in [-0.05, 0) is 32.0 Å². The van der Waals surface area contributed by atoms with Crippen molar-refractivity contribution in [2.45, 2.75) is 27.7 Å². The van der Waals surface area contributed by atoms with Crippen molar-refractivity contribution < 1.29 is 0 Å². The van der Waals surface area contributed by atoms with Crippen LogP contribution in [0.15, 0.2) is 73.8 Å². The van der Waals surface area contributed by atoms with Crippen molar-refractivity contribution in [1.82, 2.24) is 0 Å². The lowest BCUT2D eigenvalue weighted by molar-refractivity contribution is 1.48. The summed E-state index contributed by atoms with van der Waals surface area (Å²) in [6.07, 6.45) is 3.71. The Kier molecular flexibility index (Phi) is 10.6. The molecule has 2 rings (SSSR count). The Labute approximate surface area is 147 Å². The molecule has 0 aliphatic rings. The molecular formula is C24H30.